The largest absolute Gasteiger partial charge is 0.326 e. The Bertz CT molecular complexity index is 1270. The molecule has 2 N–H and O–H groups in total. The first-order valence-corrected chi connectivity index (χ1v) is 12.1. The van der Waals surface area contributed by atoms with E-state index in [4.69, 9.17) is 12.2 Å². The van der Waals surface area contributed by atoms with Crippen LogP contribution in [0.5, 0.6) is 0 Å². The highest BCUT2D eigenvalue weighted by molar-refractivity contribution is 14.1. The lowest BCUT2D eigenvalue weighted by molar-refractivity contribution is -0.131. The summed E-state index contributed by atoms with van der Waals surface area (Å²) in [5.74, 6) is -2.06. The monoisotopic (exact) mass is 602 g/mol. The molecule has 0 aromatic heterocycles. The summed E-state index contributed by atoms with van der Waals surface area (Å²) in [6.45, 7) is 0.181. The normalized spacial score (nSPS) is 15.3. The molecule has 0 radical (unpaired) electrons. The molecule has 1 saturated heterocycles. The molecule has 3 aromatic carbocycles. The minimum absolute atomic E-state index is 0.0515. The van der Waals surface area contributed by atoms with E-state index in [0.29, 0.717) is 5.69 Å². The maximum absolute atomic E-state index is 13.6. The molecule has 0 aliphatic carbocycles. The molecular weight excluding hydrogens is 582 g/mol. The van der Waals surface area contributed by atoms with Crippen molar-refractivity contribution in [3.8, 4) is 0 Å². The highest BCUT2D eigenvalue weighted by atomic mass is 127. The van der Waals surface area contributed by atoms with E-state index in [2.05, 4.69) is 33.3 Å². The van der Waals surface area contributed by atoms with Gasteiger partial charge in [0.15, 0.2) is 5.11 Å². The lowest BCUT2D eigenvalue weighted by Crippen LogP contribution is -2.49. The summed E-state index contributed by atoms with van der Waals surface area (Å²) in [6, 6.07) is 20.5. The Morgan fingerprint density at radius 1 is 1.00 bits per heavy atom. The molecule has 10 heteroatoms. The summed E-state index contributed by atoms with van der Waals surface area (Å²) in [7, 11) is 0. The van der Waals surface area contributed by atoms with Crippen LogP contribution in [0.15, 0.2) is 78.9 Å². The van der Waals surface area contributed by atoms with Crippen molar-refractivity contribution in [2.24, 2.45) is 0 Å². The Kier molecular flexibility index (Phi) is 7.71. The number of halogens is 2. The number of thiocarbonyl (C=S) groups is 1. The van der Waals surface area contributed by atoms with E-state index < -0.39 is 29.6 Å². The third-order valence-electron chi connectivity index (χ3n) is 5.30. The molecule has 1 fully saturated rings. The number of hydrogen-bond donors (Lipinski definition) is 2. The molecule has 0 bridgehead atoms. The van der Waals surface area contributed by atoms with Crippen LogP contribution in [0.1, 0.15) is 22.3 Å². The molecule has 1 aliphatic heterocycles. The van der Waals surface area contributed by atoms with E-state index in [9.17, 15) is 18.8 Å². The predicted octanol–water partition coefficient (Wildman–Crippen LogP) is 4.10. The van der Waals surface area contributed by atoms with Gasteiger partial charge in [-0.3, -0.25) is 24.7 Å². The van der Waals surface area contributed by atoms with E-state index in [-0.39, 0.29) is 23.6 Å². The van der Waals surface area contributed by atoms with Gasteiger partial charge in [-0.05, 0) is 82.8 Å². The number of hydrogen-bond acceptors (Lipinski definition) is 4. The number of carbonyl (C=O) groups excluding carboxylic acids is 3. The van der Waals surface area contributed by atoms with Gasteiger partial charge in [-0.1, -0.05) is 36.4 Å². The van der Waals surface area contributed by atoms with Crippen molar-refractivity contribution in [3.63, 3.8) is 0 Å². The number of hydrazine groups is 1. The number of rotatable bonds is 7. The van der Waals surface area contributed by atoms with Gasteiger partial charge in [0.1, 0.15) is 11.9 Å². The third kappa shape index (κ3) is 6.01. The predicted molar refractivity (Wildman–Crippen MR) is 141 cm³/mol. The van der Waals surface area contributed by atoms with Crippen molar-refractivity contribution in [1.82, 2.24) is 15.3 Å². The van der Waals surface area contributed by atoms with Crippen LogP contribution in [0.3, 0.4) is 0 Å². The van der Waals surface area contributed by atoms with E-state index in [1.165, 1.54) is 28.1 Å². The summed E-state index contributed by atoms with van der Waals surface area (Å²) in [4.78, 5) is 40.3. The van der Waals surface area contributed by atoms with Crippen molar-refractivity contribution >= 4 is 63.3 Å². The molecule has 1 unspecified atom stereocenters. The second kappa shape index (κ2) is 10.9. The van der Waals surface area contributed by atoms with Crippen LogP contribution >= 0.6 is 34.8 Å². The molecule has 0 saturated carbocycles. The van der Waals surface area contributed by atoms with Crippen LogP contribution in [0, 0.1) is 9.39 Å². The van der Waals surface area contributed by atoms with Crippen LogP contribution in [0.25, 0.3) is 0 Å². The van der Waals surface area contributed by atoms with E-state index in [1.807, 2.05) is 42.5 Å². The molecule has 7 nitrogen and oxygen atoms in total. The van der Waals surface area contributed by atoms with Crippen molar-refractivity contribution in [3.05, 3.63) is 99.4 Å². The van der Waals surface area contributed by atoms with Gasteiger partial charge in [0, 0.05) is 14.8 Å². The second-order valence-electron chi connectivity index (χ2n) is 7.79. The fourth-order valence-electron chi connectivity index (χ4n) is 3.59. The van der Waals surface area contributed by atoms with Gasteiger partial charge < -0.3 is 5.32 Å². The Hall–Kier alpha value is -3.38. The Morgan fingerprint density at radius 2 is 1.71 bits per heavy atom. The maximum atomic E-state index is 13.6. The van der Waals surface area contributed by atoms with Crippen LogP contribution in [0.2, 0.25) is 0 Å². The minimum Gasteiger partial charge on any atom is -0.326 e. The van der Waals surface area contributed by atoms with Gasteiger partial charge in [-0.15, -0.1) is 0 Å². The van der Waals surface area contributed by atoms with Gasteiger partial charge >= 0.3 is 0 Å². The smallest absolute Gasteiger partial charge is 0.269 e. The molecule has 1 atom stereocenters. The SMILES string of the molecule is O=C(CC1C(=O)N(Cc2ccccc2)C(=S)N1NC(=O)c1cccc(F)c1)Nc1ccc(I)cc1. The summed E-state index contributed by atoms with van der Waals surface area (Å²) >= 11 is 7.68. The van der Waals surface area contributed by atoms with Crippen molar-refractivity contribution in [2.75, 3.05) is 5.32 Å². The molecule has 1 aliphatic rings. The summed E-state index contributed by atoms with van der Waals surface area (Å²) < 4.78 is 14.6. The summed E-state index contributed by atoms with van der Waals surface area (Å²) in [6.07, 6.45) is -0.250. The number of nitrogens with one attached hydrogen (secondary N) is 2. The Labute approximate surface area is 220 Å². The first-order valence-electron chi connectivity index (χ1n) is 10.6. The zero-order valence-corrected chi connectivity index (χ0v) is 21.3. The molecule has 0 spiro atoms. The van der Waals surface area contributed by atoms with E-state index in [0.717, 1.165) is 15.2 Å². The molecule has 178 valence electrons. The van der Waals surface area contributed by atoms with Crippen LogP contribution in [0.4, 0.5) is 10.1 Å². The molecular formula is C25H20FIN4O3S. The molecule has 4 rings (SSSR count). The third-order valence-corrected chi connectivity index (χ3v) is 6.44. The highest BCUT2D eigenvalue weighted by Crippen LogP contribution is 2.23. The highest BCUT2D eigenvalue weighted by Gasteiger charge is 2.44. The van der Waals surface area contributed by atoms with E-state index in [1.54, 1.807) is 12.1 Å². The fraction of sp³-hybridized carbons (Fsp3) is 0.120. The lowest BCUT2D eigenvalue weighted by atomic mass is 10.1. The number of nitrogens with zero attached hydrogens (tertiary/aromatic N) is 2. The van der Waals surface area contributed by atoms with Crippen LogP contribution in [-0.2, 0) is 16.1 Å². The average molecular weight is 602 g/mol. The fourth-order valence-corrected chi connectivity index (χ4v) is 4.28. The van der Waals surface area contributed by atoms with Gasteiger partial charge in [0.05, 0.1) is 13.0 Å². The van der Waals surface area contributed by atoms with Crippen molar-refractivity contribution in [2.45, 2.75) is 19.0 Å². The molecule has 35 heavy (non-hydrogen) atoms. The first kappa shape index (κ1) is 24.7. The average Bonchev–Trinajstić information content (AvgIpc) is 3.05. The Balaban J connectivity index is 1.56. The Morgan fingerprint density at radius 3 is 2.40 bits per heavy atom. The zero-order chi connectivity index (χ0) is 24.9. The van der Waals surface area contributed by atoms with Crippen LogP contribution in [-0.4, -0.2) is 38.8 Å². The van der Waals surface area contributed by atoms with Gasteiger partial charge in [0.25, 0.3) is 11.8 Å². The quantitative estimate of drug-likeness (QED) is 0.315. The number of anilines is 1. The van der Waals surface area contributed by atoms with Crippen molar-refractivity contribution < 1.29 is 18.8 Å². The minimum atomic E-state index is -1.06. The molecule has 3 amide bonds. The lowest BCUT2D eigenvalue weighted by Gasteiger charge is -2.24. The number of amides is 3. The van der Waals surface area contributed by atoms with Crippen LogP contribution < -0.4 is 10.7 Å². The zero-order valence-electron chi connectivity index (χ0n) is 18.3. The summed E-state index contributed by atoms with van der Waals surface area (Å²) in [5.41, 5.74) is 4.07. The van der Waals surface area contributed by atoms with Gasteiger partial charge in [-0.2, -0.15) is 0 Å². The first-order chi connectivity index (χ1) is 16.8. The number of carbonyl (C=O) groups is 3. The number of benzene rings is 3. The van der Waals surface area contributed by atoms with Gasteiger partial charge in [-0.25, -0.2) is 9.40 Å². The topological polar surface area (TPSA) is 81.8 Å². The molecule has 1 heterocycles. The van der Waals surface area contributed by atoms with E-state index >= 15 is 0 Å². The maximum Gasteiger partial charge on any atom is 0.269 e. The second-order valence-corrected chi connectivity index (χ2v) is 9.40. The summed E-state index contributed by atoms with van der Waals surface area (Å²) in [5, 5.41) is 4.02. The van der Waals surface area contributed by atoms with Crippen molar-refractivity contribution in [1.29, 1.82) is 0 Å². The van der Waals surface area contributed by atoms with Gasteiger partial charge in [0.2, 0.25) is 5.91 Å². The molecule has 3 aromatic rings. The standard InChI is InChI=1S/C25H20FIN4O3S/c26-18-8-4-7-17(13-18)23(33)29-31-21(14-22(32)28-20-11-9-19(27)10-12-20)24(34)30(25(31)35)15-16-5-2-1-3-6-16/h1-13,21H,14-15H2,(H,28,32)(H,29,33).